The van der Waals surface area contributed by atoms with Crippen molar-refractivity contribution in [1.29, 1.82) is 0 Å². The summed E-state index contributed by atoms with van der Waals surface area (Å²) in [5.41, 5.74) is 3.67. The molecule has 17 heavy (non-hydrogen) atoms. The lowest BCUT2D eigenvalue weighted by molar-refractivity contribution is 0.111. The summed E-state index contributed by atoms with van der Waals surface area (Å²) >= 11 is 0. The lowest BCUT2D eigenvalue weighted by Crippen LogP contribution is -2.23. The number of nitrogens with zero attached hydrogens (tertiary/aromatic N) is 2. The fourth-order valence-corrected chi connectivity index (χ4v) is 2.21. The zero-order valence-corrected chi connectivity index (χ0v) is 9.39. The minimum Gasteiger partial charge on any atom is -0.312 e. The lowest BCUT2D eigenvalue weighted by Gasteiger charge is -2.10. The van der Waals surface area contributed by atoms with Crippen LogP contribution in [0.25, 0.3) is 5.69 Å². The van der Waals surface area contributed by atoms with Gasteiger partial charge in [-0.15, -0.1) is 0 Å². The van der Waals surface area contributed by atoms with Gasteiger partial charge < -0.3 is 5.32 Å². The number of hydrogen-bond donors (Lipinski definition) is 1. The molecule has 1 aromatic heterocycles. The maximum Gasteiger partial charge on any atom is 0.168 e. The van der Waals surface area contributed by atoms with Gasteiger partial charge in [-0.1, -0.05) is 18.2 Å². The summed E-state index contributed by atoms with van der Waals surface area (Å²) in [7, 11) is 0. The third-order valence-electron chi connectivity index (χ3n) is 3.06. The number of benzene rings is 1. The summed E-state index contributed by atoms with van der Waals surface area (Å²) in [4.78, 5) is 11.2. The van der Waals surface area contributed by atoms with Gasteiger partial charge in [-0.3, -0.25) is 4.79 Å². The number of fused-ring (bicyclic) bond motifs is 1. The van der Waals surface area contributed by atoms with Crippen molar-refractivity contribution in [3.8, 4) is 5.69 Å². The van der Waals surface area contributed by atoms with Gasteiger partial charge in [-0.25, -0.2) is 4.68 Å². The molecule has 2 aromatic rings. The molecular formula is C13H13N3O. The summed E-state index contributed by atoms with van der Waals surface area (Å²) in [6.45, 7) is 1.66. The second-order valence-electron chi connectivity index (χ2n) is 4.10. The van der Waals surface area contributed by atoms with Crippen molar-refractivity contribution in [3.05, 3.63) is 47.3 Å². The van der Waals surface area contributed by atoms with E-state index < -0.39 is 0 Å². The maximum absolute atomic E-state index is 11.2. The Morgan fingerprint density at radius 3 is 2.88 bits per heavy atom. The fourth-order valence-electron chi connectivity index (χ4n) is 2.21. The van der Waals surface area contributed by atoms with E-state index in [0.717, 1.165) is 42.7 Å². The molecule has 0 atom stereocenters. The third-order valence-corrected chi connectivity index (χ3v) is 3.06. The molecular weight excluding hydrogens is 214 g/mol. The summed E-state index contributed by atoms with van der Waals surface area (Å²) in [5.74, 6) is 0. The first-order chi connectivity index (χ1) is 8.40. The Hall–Kier alpha value is -1.94. The molecule has 4 heteroatoms. The first kappa shape index (κ1) is 10.2. The fraction of sp³-hybridized carbons (Fsp3) is 0.231. The van der Waals surface area contributed by atoms with Crippen LogP contribution in [0.5, 0.6) is 0 Å². The Labute approximate surface area is 99.3 Å². The minimum absolute atomic E-state index is 0.665. The van der Waals surface area contributed by atoms with E-state index in [0.29, 0.717) is 5.69 Å². The zero-order chi connectivity index (χ0) is 11.7. The van der Waals surface area contributed by atoms with Crippen LogP contribution in [0.2, 0.25) is 0 Å². The van der Waals surface area contributed by atoms with Crippen LogP contribution in [-0.2, 0) is 13.0 Å². The van der Waals surface area contributed by atoms with E-state index in [1.165, 1.54) is 0 Å². The number of aromatic nitrogens is 2. The predicted octanol–water partition coefficient (Wildman–Crippen LogP) is 1.33. The van der Waals surface area contributed by atoms with E-state index in [2.05, 4.69) is 10.4 Å². The third kappa shape index (κ3) is 1.66. The van der Waals surface area contributed by atoms with Gasteiger partial charge in [0.15, 0.2) is 6.29 Å². The Balaban J connectivity index is 2.17. The van der Waals surface area contributed by atoms with Gasteiger partial charge in [0, 0.05) is 25.1 Å². The van der Waals surface area contributed by atoms with Crippen molar-refractivity contribution in [2.24, 2.45) is 0 Å². The first-order valence-electron chi connectivity index (χ1n) is 5.72. The topological polar surface area (TPSA) is 46.9 Å². The predicted molar refractivity (Wildman–Crippen MR) is 64.4 cm³/mol. The zero-order valence-electron chi connectivity index (χ0n) is 9.39. The monoisotopic (exact) mass is 227 g/mol. The number of hydrogen-bond acceptors (Lipinski definition) is 3. The van der Waals surface area contributed by atoms with Gasteiger partial charge in [0.25, 0.3) is 0 Å². The number of rotatable bonds is 2. The van der Waals surface area contributed by atoms with Gasteiger partial charge in [0.05, 0.1) is 11.4 Å². The molecule has 0 radical (unpaired) electrons. The Morgan fingerprint density at radius 2 is 2.12 bits per heavy atom. The van der Waals surface area contributed by atoms with Crippen LogP contribution in [-0.4, -0.2) is 22.6 Å². The normalized spacial score (nSPS) is 14.4. The van der Waals surface area contributed by atoms with Crippen molar-refractivity contribution in [2.45, 2.75) is 13.0 Å². The van der Waals surface area contributed by atoms with Crippen LogP contribution in [0.15, 0.2) is 30.3 Å². The van der Waals surface area contributed by atoms with Gasteiger partial charge in [0.2, 0.25) is 0 Å². The average Bonchev–Trinajstić information content (AvgIpc) is 2.78. The molecule has 0 spiro atoms. The highest BCUT2D eigenvalue weighted by Gasteiger charge is 2.20. The standard InChI is InChI=1S/C13H13N3O/c17-9-13-11-8-14-7-6-12(11)15-16(13)10-4-2-1-3-5-10/h1-5,9,14H,6-8H2. The molecule has 3 rings (SSSR count). The summed E-state index contributed by atoms with van der Waals surface area (Å²) < 4.78 is 1.74. The van der Waals surface area contributed by atoms with Crippen LogP contribution in [0, 0.1) is 0 Å². The molecule has 0 saturated carbocycles. The van der Waals surface area contributed by atoms with Gasteiger partial charge in [0.1, 0.15) is 5.69 Å². The van der Waals surface area contributed by atoms with Crippen molar-refractivity contribution in [2.75, 3.05) is 6.54 Å². The van der Waals surface area contributed by atoms with Crippen molar-refractivity contribution in [3.63, 3.8) is 0 Å². The molecule has 0 aliphatic carbocycles. The summed E-state index contributed by atoms with van der Waals surface area (Å²) in [6.07, 6.45) is 1.78. The molecule has 0 bridgehead atoms. The molecule has 0 unspecified atom stereocenters. The smallest absolute Gasteiger partial charge is 0.168 e. The first-order valence-corrected chi connectivity index (χ1v) is 5.72. The molecule has 86 valence electrons. The van der Waals surface area contributed by atoms with Gasteiger partial charge in [-0.05, 0) is 12.1 Å². The highest BCUT2D eigenvalue weighted by molar-refractivity contribution is 5.76. The van der Waals surface area contributed by atoms with Gasteiger partial charge >= 0.3 is 0 Å². The maximum atomic E-state index is 11.2. The number of carbonyl (C=O) groups is 1. The Bertz CT molecular complexity index is 545. The van der Waals surface area contributed by atoms with E-state index in [1.54, 1.807) is 4.68 Å². The van der Waals surface area contributed by atoms with E-state index in [-0.39, 0.29) is 0 Å². The molecule has 0 amide bonds. The average molecular weight is 227 g/mol. The number of carbonyl (C=O) groups excluding carboxylic acids is 1. The highest BCUT2D eigenvalue weighted by atomic mass is 16.1. The van der Waals surface area contributed by atoms with E-state index >= 15 is 0 Å². The van der Waals surface area contributed by atoms with E-state index in [9.17, 15) is 4.79 Å². The van der Waals surface area contributed by atoms with Crippen LogP contribution >= 0.6 is 0 Å². The van der Waals surface area contributed by atoms with E-state index in [4.69, 9.17) is 0 Å². The molecule has 0 fully saturated rings. The summed E-state index contributed by atoms with van der Waals surface area (Å²) in [5, 5.41) is 7.81. The SMILES string of the molecule is O=Cc1c2c(nn1-c1ccccc1)CCNC2. The lowest BCUT2D eigenvalue weighted by atomic mass is 10.1. The number of nitrogens with one attached hydrogen (secondary N) is 1. The number of para-hydroxylation sites is 1. The summed E-state index contributed by atoms with van der Waals surface area (Å²) in [6, 6.07) is 9.76. The van der Waals surface area contributed by atoms with Crippen LogP contribution in [0.4, 0.5) is 0 Å². The molecule has 1 aromatic carbocycles. The largest absolute Gasteiger partial charge is 0.312 e. The molecule has 4 nitrogen and oxygen atoms in total. The Morgan fingerprint density at radius 1 is 1.29 bits per heavy atom. The van der Waals surface area contributed by atoms with Crippen molar-refractivity contribution >= 4 is 6.29 Å². The van der Waals surface area contributed by atoms with Crippen LogP contribution in [0.1, 0.15) is 21.7 Å². The second-order valence-corrected chi connectivity index (χ2v) is 4.10. The highest BCUT2D eigenvalue weighted by Crippen LogP contribution is 2.20. The molecule has 1 aliphatic heterocycles. The van der Waals surface area contributed by atoms with Gasteiger partial charge in [-0.2, -0.15) is 5.10 Å². The minimum atomic E-state index is 0.665. The molecule has 0 saturated heterocycles. The quantitative estimate of drug-likeness (QED) is 0.787. The van der Waals surface area contributed by atoms with Crippen LogP contribution < -0.4 is 5.32 Å². The number of aldehydes is 1. The molecule has 1 aliphatic rings. The van der Waals surface area contributed by atoms with Crippen molar-refractivity contribution < 1.29 is 4.79 Å². The van der Waals surface area contributed by atoms with Crippen molar-refractivity contribution in [1.82, 2.24) is 15.1 Å². The molecule has 1 N–H and O–H groups in total. The Kier molecular flexibility index (Phi) is 2.49. The van der Waals surface area contributed by atoms with Crippen LogP contribution in [0.3, 0.4) is 0 Å². The molecule has 2 heterocycles. The van der Waals surface area contributed by atoms with E-state index in [1.807, 2.05) is 30.3 Å². The second kappa shape index (κ2) is 4.14.